The van der Waals surface area contributed by atoms with Crippen LogP contribution in [0.25, 0.3) is 0 Å². The second-order valence-electron chi connectivity index (χ2n) is 20.1. The summed E-state index contributed by atoms with van der Waals surface area (Å²) in [6.07, 6.45) is -3.84. The number of carbonyl (C=O) groups excluding carboxylic acids is 10. The molecular formula is C50H82N14O17. The zero-order chi connectivity index (χ0) is 61.8. The van der Waals surface area contributed by atoms with Gasteiger partial charge in [-0.2, -0.15) is 0 Å². The molecule has 0 aliphatic rings. The largest absolute Gasteiger partial charge is 0.508 e. The number of rotatable bonds is 37. The van der Waals surface area contributed by atoms with E-state index in [2.05, 4.69) is 52.8 Å². The highest BCUT2D eigenvalue weighted by Gasteiger charge is 2.37. The molecule has 0 saturated carbocycles. The van der Waals surface area contributed by atoms with Gasteiger partial charge in [0.15, 0.2) is 5.96 Å². The number of aliphatic hydroxyl groups excluding tert-OH is 2. The first kappa shape index (κ1) is 70.8. The monoisotopic (exact) mass is 1150 g/mol. The summed E-state index contributed by atoms with van der Waals surface area (Å²) in [7, 11) is 0. The number of aliphatic hydroxyl groups is 2. The minimum absolute atomic E-state index is 0.0311. The fourth-order valence-electron chi connectivity index (χ4n) is 7.57. The molecular weight excluding hydrogens is 1070 g/mol. The molecule has 0 spiro atoms. The standard InChI is InChI=1S/C50H82N14O17/c1-8-25(6)39(63-41(72)29(51)22-65)47(78)59-31(15-16-37(70)71)42(73)56-21-36(69)57-34(20-35(52)68)45(76)60-33(19-27-11-13-28(67)14-12-27)46(77)64-40(26(7)66)48(79)61-32(18-23(2)3)44(75)58-30(10-9-17-55-50(53)54)43(74)62-38(24(4)5)49(80)81/h11-14,23-26,29-34,38-40,65-67H,8-10,15-22,51H2,1-7H3,(H2,52,68)(H,56,73)(H,57,69)(H,58,75)(H,59,78)(H,60,76)(H,61,79)(H,62,74)(H,63,72)(H,64,77)(H,70,71)(H,80,81)(H4,53,54,55)/t25-,26+,29-,30-,31-,32-,33-,34-,38-,39-,40-/m0/s1. The van der Waals surface area contributed by atoms with Crippen molar-refractivity contribution in [3.8, 4) is 5.75 Å². The van der Waals surface area contributed by atoms with Gasteiger partial charge in [-0.25, -0.2) is 4.79 Å². The van der Waals surface area contributed by atoms with Gasteiger partial charge in [-0.05, 0) is 68.1 Å². The average Bonchev–Trinajstić information content (AvgIpc) is 3.39. The molecule has 0 heterocycles. The first-order chi connectivity index (χ1) is 37.8. The topological polar surface area (TPSA) is 531 Å². The molecule has 10 amide bonds. The zero-order valence-electron chi connectivity index (χ0n) is 46.5. The Labute approximate surface area is 468 Å². The van der Waals surface area contributed by atoms with Crippen molar-refractivity contribution in [1.82, 2.24) is 47.9 Å². The van der Waals surface area contributed by atoms with Gasteiger partial charge in [0, 0.05) is 19.4 Å². The number of aliphatic imine (C=N–C) groups is 1. The van der Waals surface area contributed by atoms with Crippen molar-refractivity contribution < 1.29 is 83.1 Å². The number of aliphatic carboxylic acids is 2. The molecule has 31 nitrogen and oxygen atoms in total. The van der Waals surface area contributed by atoms with Crippen molar-refractivity contribution in [1.29, 1.82) is 0 Å². The molecule has 0 saturated heterocycles. The smallest absolute Gasteiger partial charge is 0.326 e. The number of phenolic OH excluding ortho intramolecular Hbond substituents is 1. The molecule has 454 valence electrons. The second kappa shape index (κ2) is 35.4. The highest BCUT2D eigenvalue weighted by Crippen LogP contribution is 2.15. The highest BCUT2D eigenvalue weighted by atomic mass is 16.4. The molecule has 0 aromatic heterocycles. The fraction of sp³-hybridized carbons (Fsp3) is 0.620. The highest BCUT2D eigenvalue weighted by molar-refractivity contribution is 5.99. The summed E-state index contributed by atoms with van der Waals surface area (Å²) in [4.78, 5) is 162. The lowest BCUT2D eigenvalue weighted by atomic mass is 9.97. The van der Waals surface area contributed by atoms with Gasteiger partial charge in [0.1, 0.15) is 60.1 Å². The van der Waals surface area contributed by atoms with E-state index >= 15 is 0 Å². The van der Waals surface area contributed by atoms with E-state index < -0.39 is 182 Å². The molecule has 11 atom stereocenters. The average molecular weight is 1150 g/mol. The second-order valence-corrected chi connectivity index (χ2v) is 20.1. The maximum atomic E-state index is 14.2. The number of guanidine groups is 1. The number of phenols is 1. The third-order valence-corrected chi connectivity index (χ3v) is 12.3. The Balaban J connectivity index is 3.51. The lowest BCUT2D eigenvalue weighted by Crippen LogP contribution is -2.62. The Morgan fingerprint density at radius 1 is 0.605 bits per heavy atom. The first-order valence-corrected chi connectivity index (χ1v) is 26.1. The fourth-order valence-corrected chi connectivity index (χ4v) is 7.57. The van der Waals surface area contributed by atoms with Crippen LogP contribution in [0.4, 0.5) is 0 Å². The van der Waals surface area contributed by atoms with E-state index in [9.17, 15) is 83.1 Å². The summed E-state index contributed by atoms with van der Waals surface area (Å²) in [6, 6.07) is -8.63. The number of carboxylic acid groups (broad SMARTS) is 2. The normalized spacial score (nSPS) is 15.2. The minimum atomic E-state index is -1.86. The molecule has 0 aliphatic heterocycles. The van der Waals surface area contributed by atoms with Crippen LogP contribution in [0.15, 0.2) is 29.3 Å². The predicted octanol–water partition coefficient (Wildman–Crippen LogP) is -5.74. The van der Waals surface area contributed by atoms with E-state index in [0.717, 1.165) is 6.92 Å². The lowest BCUT2D eigenvalue weighted by molar-refractivity contribution is -0.143. The number of hydrogen-bond acceptors (Lipinski definition) is 17. The molecule has 0 bridgehead atoms. The summed E-state index contributed by atoms with van der Waals surface area (Å²) >= 11 is 0. The van der Waals surface area contributed by atoms with Gasteiger partial charge in [0.05, 0.1) is 25.7 Å². The van der Waals surface area contributed by atoms with Crippen LogP contribution >= 0.6 is 0 Å². The van der Waals surface area contributed by atoms with Crippen LogP contribution in [0.5, 0.6) is 5.75 Å². The molecule has 0 aliphatic carbocycles. The molecule has 1 aromatic carbocycles. The van der Waals surface area contributed by atoms with Crippen LogP contribution in [0.2, 0.25) is 0 Å². The van der Waals surface area contributed by atoms with Crippen LogP contribution in [0, 0.1) is 17.8 Å². The van der Waals surface area contributed by atoms with E-state index in [-0.39, 0.29) is 43.4 Å². The Kier molecular flexibility index (Phi) is 31.0. The third kappa shape index (κ3) is 26.5. The van der Waals surface area contributed by atoms with Gasteiger partial charge in [0.2, 0.25) is 59.1 Å². The number of nitrogens with one attached hydrogen (secondary N) is 9. The summed E-state index contributed by atoms with van der Waals surface area (Å²) in [6.45, 7) is 9.27. The summed E-state index contributed by atoms with van der Waals surface area (Å²) < 4.78 is 0. The maximum absolute atomic E-state index is 14.2. The van der Waals surface area contributed by atoms with Crippen molar-refractivity contribution in [2.75, 3.05) is 19.7 Å². The summed E-state index contributed by atoms with van der Waals surface area (Å²) in [5, 5.41) is 70.5. The van der Waals surface area contributed by atoms with E-state index in [0.29, 0.717) is 12.0 Å². The zero-order valence-corrected chi connectivity index (χ0v) is 46.5. The van der Waals surface area contributed by atoms with Crippen molar-refractivity contribution in [3.63, 3.8) is 0 Å². The van der Waals surface area contributed by atoms with Crippen LogP contribution in [0.3, 0.4) is 0 Å². The molecule has 81 heavy (non-hydrogen) atoms. The quantitative estimate of drug-likeness (QED) is 0.0168. The minimum Gasteiger partial charge on any atom is -0.508 e. The Hall–Kier alpha value is -8.19. The molecule has 0 unspecified atom stereocenters. The maximum Gasteiger partial charge on any atom is 0.326 e. The SMILES string of the molecule is CC[C@H](C)[C@H](NC(=O)[C@@H](N)CO)C(=O)N[C@@H](CCC(=O)O)C(=O)NCC(=O)N[C@@H](CC(N)=O)C(=O)N[C@@H](Cc1ccc(O)cc1)C(=O)N[C@H](C(=O)N[C@@H](CC(C)C)C(=O)N[C@@H](CCCN=C(N)N)C(=O)N[C@H](C(=O)O)C(C)C)[C@@H](C)O. The van der Waals surface area contributed by atoms with Crippen LogP contribution < -0.4 is 70.8 Å². The van der Waals surface area contributed by atoms with E-state index in [1.54, 1.807) is 41.5 Å². The number of hydrogen-bond donors (Lipinski definition) is 18. The van der Waals surface area contributed by atoms with E-state index in [1.165, 1.54) is 24.3 Å². The number of nitrogens with zero attached hydrogens (tertiary/aromatic N) is 1. The van der Waals surface area contributed by atoms with Gasteiger partial charge in [-0.15, -0.1) is 0 Å². The first-order valence-electron chi connectivity index (χ1n) is 26.1. The van der Waals surface area contributed by atoms with Gasteiger partial charge in [0.25, 0.3) is 0 Å². The third-order valence-electron chi connectivity index (χ3n) is 12.3. The van der Waals surface area contributed by atoms with Crippen LogP contribution in [-0.4, -0.2) is 183 Å². The van der Waals surface area contributed by atoms with Crippen molar-refractivity contribution in [2.24, 2.45) is 45.7 Å². The van der Waals surface area contributed by atoms with Crippen LogP contribution in [-0.2, 0) is 64.0 Å². The Bertz CT molecular complexity index is 2370. The van der Waals surface area contributed by atoms with Gasteiger partial charge >= 0.3 is 11.9 Å². The number of carboxylic acids is 2. The molecule has 1 aromatic rings. The molecule has 22 N–H and O–H groups in total. The molecule has 0 radical (unpaired) electrons. The van der Waals surface area contributed by atoms with Gasteiger partial charge < -0.3 is 96.3 Å². The van der Waals surface area contributed by atoms with Crippen LogP contribution in [0.1, 0.15) is 99.0 Å². The Morgan fingerprint density at radius 3 is 1.63 bits per heavy atom. The van der Waals surface area contributed by atoms with E-state index in [1.807, 2.05) is 0 Å². The number of carbonyl (C=O) groups is 12. The van der Waals surface area contributed by atoms with Crippen molar-refractivity contribution in [3.05, 3.63) is 29.8 Å². The molecule has 31 heteroatoms. The number of nitrogens with two attached hydrogens (primary N) is 4. The molecule has 1 rings (SSSR count). The number of primary amides is 1. The molecule has 0 fully saturated rings. The van der Waals surface area contributed by atoms with E-state index in [4.69, 9.17) is 22.9 Å². The number of amides is 10. The number of aromatic hydroxyl groups is 1. The summed E-state index contributed by atoms with van der Waals surface area (Å²) in [5.74, 6) is -15.0. The lowest BCUT2D eigenvalue weighted by Gasteiger charge is -2.29. The predicted molar refractivity (Wildman–Crippen MR) is 289 cm³/mol. The van der Waals surface area contributed by atoms with Gasteiger partial charge in [-0.3, -0.25) is 57.7 Å². The Morgan fingerprint density at radius 2 is 1.11 bits per heavy atom. The van der Waals surface area contributed by atoms with Crippen molar-refractivity contribution in [2.45, 2.75) is 160 Å². The number of benzene rings is 1. The van der Waals surface area contributed by atoms with Crippen molar-refractivity contribution >= 4 is 77.0 Å². The summed E-state index contributed by atoms with van der Waals surface area (Å²) in [5.41, 5.74) is 22.1. The van der Waals surface area contributed by atoms with Gasteiger partial charge in [-0.1, -0.05) is 60.1 Å².